The van der Waals surface area contributed by atoms with E-state index in [2.05, 4.69) is 4.98 Å². The number of nitrogens with zero attached hydrogens (tertiary/aromatic N) is 2. The van der Waals surface area contributed by atoms with Gasteiger partial charge in [0.05, 0.1) is 10.3 Å². The molecule has 1 amide bonds. The molecule has 1 aromatic carbocycles. The van der Waals surface area contributed by atoms with Crippen LogP contribution >= 0.6 is 11.6 Å². The van der Waals surface area contributed by atoms with Crippen molar-refractivity contribution in [2.75, 3.05) is 13.1 Å². The third-order valence-corrected chi connectivity index (χ3v) is 7.52. The number of halogens is 1. The molecular formula is C21H29ClN2O5S. The molecule has 1 saturated heterocycles. The zero-order valence-corrected chi connectivity index (χ0v) is 19.9. The van der Waals surface area contributed by atoms with Crippen LogP contribution in [0.2, 0.25) is 5.02 Å². The van der Waals surface area contributed by atoms with Crippen molar-refractivity contribution in [3.8, 4) is 0 Å². The molecule has 7 nitrogen and oxygen atoms in total. The smallest absolute Gasteiger partial charge is 0.410 e. The first-order chi connectivity index (χ1) is 13.7. The Morgan fingerprint density at radius 1 is 1.23 bits per heavy atom. The maximum atomic E-state index is 13.6. The number of piperidine rings is 1. The minimum atomic E-state index is -3.88. The van der Waals surface area contributed by atoms with Gasteiger partial charge >= 0.3 is 6.09 Å². The molecule has 0 aliphatic carbocycles. The van der Waals surface area contributed by atoms with Gasteiger partial charge in [0.1, 0.15) is 16.0 Å². The van der Waals surface area contributed by atoms with E-state index in [4.69, 9.17) is 20.8 Å². The number of carbonyl (C=O) groups is 1. The molecule has 1 atom stereocenters. The Balaban J connectivity index is 1.99. The normalized spacial score (nSPS) is 18.6. The quantitative estimate of drug-likeness (QED) is 0.634. The largest absolute Gasteiger partial charge is 0.444 e. The minimum absolute atomic E-state index is 0.0459. The zero-order valence-electron chi connectivity index (χ0n) is 18.3. The van der Waals surface area contributed by atoms with Crippen LogP contribution in [0.15, 0.2) is 21.4 Å². The van der Waals surface area contributed by atoms with Crippen LogP contribution in [0.1, 0.15) is 60.3 Å². The van der Waals surface area contributed by atoms with E-state index >= 15 is 0 Å². The third kappa shape index (κ3) is 4.59. The SMILES string of the molecule is CC(C)(C)OC(=O)N1CCC[C@H](S(=O)(=O)c2c(Cl)ccc3nc(C(C)(C)C)oc23)C1. The number of carbonyl (C=O) groups excluding carboxylic acids is 1. The highest BCUT2D eigenvalue weighted by atomic mass is 35.5. The summed E-state index contributed by atoms with van der Waals surface area (Å²) in [6, 6.07) is 3.18. The van der Waals surface area contributed by atoms with Crippen molar-refractivity contribution in [1.82, 2.24) is 9.88 Å². The summed E-state index contributed by atoms with van der Waals surface area (Å²) in [5.74, 6) is 0.440. The molecule has 3 rings (SSSR count). The Morgan fingerprint density at radius 2 is 1.90 bits per heavy atom. The van der Waals surface area contributed by atoms with Crippen molar-refractivity contribution in [1.29, 1.82) is 0 Å². The van der Waals surface area contributed by atoms with E-state index in [0.29, 0.717) is 30.8 Å². The molecule has 9 heteroatoms. The van der Waals surface area contributed by atoms with Gasteiger partial charge in [0, 0.05) is 18.5 Å². The average molecular weight is 457 g/mol. The Hall–Kier alpha value is -1.80. The van der Waals surface area contributed by atoms with Crippen LogP contribution in [0.5, 0.6) is 0 Å². The lowest BCUT2D eigenvalue weighted by Gasteiger charge is -2.33. The van der Waals surface area contributed by atoms with Crippen LogP contribution < -0.4 is 0 Å². The number of ether oxygens (including phenoxy) is 1. The van der Waals surface area contributed by atoms with E-state index < -0.39 is 26.8 Å². The number of sulfone groups is 1. The van der Waals surface area contributed by atoms with Gasteiger partial charge in [0.2, 0.25) is 5.89 Å². The number of likely N-dealkylation sites (tertiary alicyclic amines) is 1. The number of aromatic nitrogens is 1. The summed E-state index contributed by atoms with van der Waals surface area (Å²) < 4.78 is 38.5. The fourth-order valence-electron chi connectivity index (χ4n) is 3.38. The van der Waals surface area contributed by atoms with Crippen molar-refractivity contribution in [2.45, 2.75) is 75.5 Å². The molecule has 0 N–H and O–H groups in total. The molecule has 0 unspecified atom stereocenters. The van der Waals surface area contributed by atoms with Crippen molar-refractivity contribution < 1.29 is 22.4 Å². The fraction of sp³-hybridized carbons (Fsp3) is 0.619. The standard InChI is InChI=1S/C21H29ClN2O5S/c1-20(2,3)18-23-15-10-9-14(22)17(16(15)28-18)30(26,27)13-8-7-11-24(12-13)19(25)29-21(4,5)6/h9-10,13H,7-8,11-12H2,1-6H3/t13-/m0/s1. The maximum absolute atomic E-state index is 13.6. The van der Waals surface area contributed by atoms with Gasteiger partial charge in [-0.2, -0.15) is 0 Å². The lowest BCUT2D eigenvalue weighted by atomic mass is 9.97. The molecule has 1 aromatic heterocycles. The van der Waals surface area contributed by atoms with Crippen molar-refractivity contribution in [2.24, 2.45) is 0 Å². The number of rotatable bonds is 2. The molecule has 166 valence electrons. The van der Waals surface area contributed by atoms with E-state index in [1.165, 1.54) is 11.0 Å². The highest BCUT2D eigenvalue weighted by molar-refractivity contribution is 7.92. The highest BCUT2D eigenvalue weighted by Crippen LogP contribution is 2.37. The molecule has 0 spiro atoms. The van der Waals surface area contributed by atoms with Gasteiger partial charge < -0.3 is 14.1 Å². The van der Waals surface area contributed by atoms with E-state index in [-0.39, 0.29) is 27.5 Å². The number of oxazole rings is 1. The Kier molecular flexibility index (Phi) is 5.88. The first kappa shape index (κ1) is 22.9. The molecule has 2 aromatic rings. The second-order valence-electron chi connectivity index (χ2n) is 9.73. The molecule has 2 heterocycles. The predicted molar refractivity (Wildman–Crippen MR) is 116 cm³/mol. The summed E-state index contributed by atoms with van der Waals surface area (Å²) in [6.45, 7) is 11.6. The van der Waals surface area contributed by atoms with Crippen LogP contribution in [0.3, 0.4) is 0 Å². The molecule has 30 heavy (non-hydrogen) atoms. The lowest BCUT2D eigenvalue weighted by molar-refractivity contribution is 0.0219. The fourth-order valence-corrected chi connectivity index (χ4v) is 5.78. The Morgan fingerprint density at radius 3 is 2.50 bits per heavy atom. The zero-order chi connectivity index (χ0) is 22.5. The second-order valence-corrected chi connectivity index (χ2v) is 12.3. The van der Waals surface area contributed by atoms with Crippen LogP contribution in [0, 0.1) is 0 Å². The van der Waals surface area contributed by atoms with Crippen molar-refractivity contribution >= 4 is 38.6 Å². The molecular weight excluding hydrogens is 428 g/mol. The Labute approximate surface area is 182 Å². The first-order valence-corrected chi connectivity index (χ1v) is 11.9. The van der Waals surface area contributed by atoms with Gasteiger partial charge in [-0.1, -0.05) is 32.4 Å². The van der Waals surface area contributed by atoms with Crippen molar-refractivity contribution in [3.05, 3.63) is 23.0 Å². The molecule has 1 fully saturated rings. The van der Waals surface area contributed by atoms with Gasteiger partial charge in [-0.05, 0) is 45.7 Å². The van der Waals surface area contributed by atoms with E-state index in [1.54, 1.807) is 26.8 Å². The third-order valence-electron chi connectivity index (χ3n) is 4.86. The van der Waals surface area contributed by atoms with E-state index in [0.717, 1.165) is 0 Å². The first-order valence-electron chi connectivity index (χ1n) is 10.0. The molecule has 0 bridgehead atoms. The molecule has 0 radical (unpaired) electrons. The summed E-state index contributed by atoms with van der Waals surface area (Å²) in [7, 11) is -3.88. The topological polar surface area (TPSA) is 89.7 Å². The minimum Gasteiger partial charge on any atom is -0.444 e. The van der Waals surface area contributed by atoms with Gasteiger partial charge in [0.25, 0.3) is 0 Å². The summed E-state index contributed by atoms with van der Waals surface area (Å²) >= 11 is 6.34. The van der Waals surface area contributed by atoms with Gasteiger partial charge in [-0.15, -0.1) is 0 Å². The summed E-state index contributed by atoms with van der Waals surface area (Å²) in [5.41, 5.74) is -0.421. The maximum Gasteiger partial charge on any atom is 0.410 e. The summed E-state index contributed by atoms with van der Waals surface area (Å²) in [6.07, 6.45) is 0.469. The number of amides is 1. The van der Waals surface area contributed by atoms with Gasteiger partial charge in [0.15, 0.2) is 15.4 Å². The van der Waals surface area contributed by atoms with Gasteiger partial charge in [-0.3, -0.25) is 0 Å². The van der Waals surface area contributed by atoms with Crippen LogP contribution in [-0.4, -0.2) is 48.3 Å². The van der Waals surface area contributed by atoms with Gasteiger partial charge in [-0.25, -0.2) is 18.2 Å². The van der Waals surface area contributed by atoms with Crippen LogP contribution in [0.25, 0.3) is 11.1 Å². The summed E-state index contributed by atoms with van der Waals surface area (Å²) in [4.78, 5) is 18.3. The second kappa shape index (κ2) is 7.71. The number of benzene rings is 1. The van der Waals surface area contributed by atoms with Crippen LogP contribution in [0.4, 0.5) is 4.79 Å². The summed E-state index contributed by atoms with van der Waals surface area (Å²) in [5, 5.41) is -0.710. The van der Waals surface area contributed by atoms with E-state index in [9.17, 15) is 13.2 Å². The highest BCUT2D eigenvalue weighted by Gasteiger charge is 2.38. The lowest BCUT2D eigenvalue weighted by Crippen LogP contribution is -2.47. The molecule has 0 saturated carbocycles. The number of fused-ring (bicyclic) bond motifs is 1. The van der Waals surface area contributed by atoms with Crippen molar-refractivity contribution in [3.63, 3.8) is 0 Å². The van der Waals surface area contributed by atoms with Crippen LogP contribution in [-0.2, 0) is 20.0 Å². The number of hydrogen-bond acceptors (Lipinski definition) is 6. The average Bonchev–Trinajstić information content (AvgIpc) is 3.04. The number of hydrogen-bond donors (Lipinski definition) is 0. The molecule has 1 aliphatic rings. The van der Waals surface area contributed by atoms with E-state index in [1.807, 2.05) is 20.8 Å². The predicted octanol–water partition coefficient (Wildman–Crippen LogP) is 4.95. The molecule has 1 aliphatic heterocycles. The Bertz CT molecular complexity index is 1060. The monoisotopic (exact) mass is 456 g/mol.